The molecule has 0 saturated carbocycles. The van der Waals surface area contributed by atoms with Gasteiger partial charge in [0.05, 0.1) is 0 Å². The first-order chi connectivity index (χ1) is 11.7. The predicted molar refractivity (Wildman–Crippen MR) is 90.0 cm³/mol. The average Bonchev–Trinajstić information content (AvgIpc) is 3.08. The molecule has 0 aliphatic rings. The first kappa shape index (κ1) is 16.0. The van der Waals surface area contributed by atoms with E-state index >= 15 is 0 Å². The normalized spacial score (nSPS) is 10.9. The lowest BCUT2D eigenvalue weighted by atomic mass is 10.2. The quantitative estimate of drug-likeness (QED) is 0.515. The van der Waals surface area contributed by atoms with Crippen molar-refractivity contribution in [3.63, 3.8) is 0 Å². The van der Waals surface area contributed by atoms with E-state index in [0.29, 0.717) is 10.8 Å². The number of ether oxygens (including phenoxy) is 1. The number of benzene rings is 2. The zero-order chi connectivity index (χ0) is 16.8. The molecule has 0 radical (unpaired) electrons. The van der Waals surface area contributed by atoms with Gasteiger partial charge in [0, 0.05) is 16.7 Å². The monoisotopic (exact) mass is 340 g/mol. The van der Waals surface area contributed by atoms with Crippen LogP contribution in [0.1, 0.15) is 11.5 Å². The zero-order valence-electron chi connectivity index (χ0n) is 12.6. The van der Waals surface area contributed by atoms with Crippen molar-refractivity contribution >= 4 is 23.6 Å². The van der Waals surface area contributed by atoms with Gasteiger partial charge in [-0.1, -0.05) is 59.2 Å². The molecule has 2 aromatic carbocycles. The summed E-state index contributed by atoms with van der Waals surface area (Å²) < 4.78 is 10.1. The number of carbonyl (C=O) groups is 1. The van der Waals surface area contributed by atoms with Gasteiger partial charge in [0.15, 0.2) is 6.61 Å². The molecular weight excluding hydrogens is 328 g/mol. The summed E-state index contributed by atoms with van der Waals surface area (Å²) >= 11 is 5.88. The van der Waals surface area contributed by atoms with Crippen molar-refractivity contribution in [1.29, 1.82) is 0 Å². The molecule has 1 heterocycles. The SMILES string of the molecule is O=C(/C=C/c1cccc(Cl)c1)OCc1nc(-c2ccccc2)no1. The van der Waals surface area contributed by atoms with Crippen LogP contribution in [0.15, 0.2) is 65.2 Å². The van der Waals surface area contributed by atoms with Gasteiger partial charge in [-0.25, -0.2) is 4.79 Å². The van der Waals surface area contributed by atoms with Gasteiger partial charge in [-0.05, 0) is 23.8 Å². The Bertz CT molecular complexity index is 859. The lowest BCUT2D eigenvalue weighted by Gasteiger charge is -1.97. The third kappa shape index (κ3) is 4.30. The molecule has 0 N–H and O–H groups in total. The molecule has 0 atom stereocenters. The van der Waals surface area contributed by atoms with Crippen LogP contribution < -0.4 is 0 Å². The van der Waals surface area contributed by atoms with Gasteiger partial charge < -0.3 is 9.26 Å². The minimum atomic E-state index is -0.505. The second-order valence-electron chi connectivity index (χ2n) is 4.87. The summed E-state index contributed by atoms with van der Waals surface area (Å²) in [6.45, 7) is -0.0848. The topological polar surface area (TPSA) is 65.2 Å². The highest BCUT2D eigenvalue weighted by molar-refractivity contribution is 6.30. The van der Waals surface area contributed by atoms with E-state index < -0.39 is 5.97 Å². The Labute approximate surface area is 143 Å². The number of hydrogen-bond acceptors (Lipinski definition) is 5. The summed E-state index contributed by atoms with van der Waals surface area (Å²) in [5.41, 5.74) is 1.64. The summed E-state index contributed by atoms with van der Waals surface area (Å²) in [5, 5.41) is 4.46. The number of esters is 1. The van der Waals surface area contributed by atoms with Gasteiger partial charge in [-0.3, -0.25) is 0 Å². The second-order valence-corrected chi connectivity index (χ2v) is 5.31. The zero-order valence-corrected chi connectivity index (χ0v) is 13.3. The first-order valence-corrected chi connectivity index (χ1v) is 7.57. The summed E-state index contributed by atoms with van der Waals surface area (Å²) in [5.74, 6) is 0.184. The molecule has 0 bridgehead atoms. The molecular formula is C18H13ClN2O3. The van der Waals surface area contributed by atoms with E-state index in [1.54, 1.807) is 24.3 Å². The Morgan fingerprint density at radius 1 is 1.17 bits per heavy atom. The van der Waals surface area contributed by atoms with Crippen LogP contribution in [0.2, 0.25) is 5.02 Å². The maximum absolute atomic E-state index is 11.7. The van der Waals surface area contributed by atoms with Crippen molar-refractivity contribution in [1.82, 2.24) is 10.1 Å². The molecule has 0 aliphatic heterocycles. The molecule has 120 valence electrons. The number of halogens is 1. The van der Waals surface area contributed by atoms with E-state index in [4.69, 9.17) is 20.9 Å². The minimum absolute atomic E-state index is 0.0848. The number of rotatable bonds is 5. The molecule has 24 heavy (non-hydrogen) atoms. The number of nitrogens with zero attached hydrogens (tertiary/aromatic N) is 2. The molecule has 5 nitrogen and oxygen atoms in total. The van der Waals surface area contributed by atoms with Crippen LogP contribution in [0.3, 0.4) is 0 Å². The van der Waals surface area contributed by atoms with Crippen LogP contribution in [-0.2, 0) is 16.1 Å². The van der Waals surface area contributed by atoms with Crippen LogP contribution in [0, 0.1) is 0 Å². The average molecular weight is 341 g/mol. The van der Waals surface area contributed by atoms with Gasteiger partial charge in [0.25, 0.3) is 5.89 Å². The highest BCUT2D eigenvalue weighted by Gasteiger charge is 2.09. The maximum Gasteiger partial charge on any atom is 0.331 e. The number of hydrogen-bond donors (Lipinski definition) is 0. The smallest absolute Gasteiger partial charge is 0.331 e. The van der Waals surface area contributed by atoms with Crippen LogP contribution in [-0.4, -0.2) is 16.1 Å². The minimum Gasteiger partial charge on any atom is -0.452 e. The van der Waals surface area contributed by atoms with E-state index in [1.165, 1.54) is 6.08 Å². The summed E-state index contributed by atoms with van der Waals surface area (Å²) in [7, 11) is 0. The lowest BCUT2D eigenvalue weighted by molar-refractivity contribution is -0.139. The molecule has 0 aliphatic carbocycles. The molecule has 3 aromatic rings. The molecule has 6 heteroatoms. The van der Waals surface area contributed by atoms with E-state index in [2.05, 4.69) is 10.1 Å². The largest absolute Gasteiger partial charge is 0.452 e. The third-order valence-electron chi connectivity index (χ3n) is 3.10. The summed E-state index contributed by atoms with van der Waals surface area (Å²) in [6.07, 6.45) is 2.94. The van der Waals surface area contributed by atoms with Crippen molar-refractivity contribution in [3.8, 4) is 11.4 Å². The second kappa shape index (κ2) is 7.57. The van der Waals surface area contributed by atoms with Gasteiger partial charge in [0.2, 0.25) is 5.82 Å². The Morgan fingerprint density at radius 3 is 2.79 bits per heavy atom. The van der Waals surface area contributed by atoms with Crippen molar-refractivity contribution in [2.24, 2.45) is 0 Å². The van der Waals surface area contributed by atoms with E-state index in [9.17, 15) is 4.79 Å². The molecule has 0 amide bonds. The third-order valence-corrected chi connectivity index (χ3v) is 3.33. The molecule has 3 rings (SSSR count). The van der Waals surface area contributed by atoms with E-state index in [0.717, 1.165) is 11.1 Å². The maximum atomic E-state index is 11.7. The van der Waals surface area contributed by atoms with Gasteiger partial charge in [-0.2, -0.15) is 4.98 Å². The Hall–Kier alpha value is -2.92. The molecule has 0 saturated heterocycles. The molecule has 1 aromatic heterocycles. The highest BCUT2D eigenvalue weighted by atomic mass is 35.5. The van der Waals surface area contributed by atoms with Crippen LogP contribution in [0.5, 0.6) is 0 Å². The van der Waals surface area contributed by atoms with Gasteiger partial charge in [-0.15, -0.1) is 0 Å². The van der Waals surface area contributed by atoms with Gasteiger partial charge >= 0.3 is 5.97 Å². The van der Waals surface area contributed by atoms with Crippen LogP contribution >= 0.6 is 11.6 Å². The van der Waals surface area contributed by atoms with Crippen molar-refractivity contribution < 1.29 is 14.1 Å². The van der Waals surface area contributed by atoms with Crippen molar-refractivity contribution in [2.75, 3.05) is 0 Å². The number of aromatic nitrogens is 2. The highest BCUT2D eigenvalue weighted by Crippen LogP contribution is 2.15. The van der Waals surface area contributed by atoms with Crippen molar-refractivity contribution in [3.05, 3.63) is 77.2 Å². The van der Waals surface area contributed by atoms with Crippen LogP contribution in [0.25, 0.3) is 17.5 Å². The lowest BCUT2D eigenvalue weighted by Crippen LogP contribution is -2.00. The summed E-state index contributed by atoms with van der Waals surface area (Å²) in [6, 6.07) is 16.5. The molecule has 0 unspecified atom stereocenters. The fourth-order valence-corrected chi connectivity index (χ4v) is 2.17. The van der Waals surface area contributed by atoms with Crippen LogP contribution in [0.4, 0.5) is 0 Å². The van der Waals surface area contributed by atoms with E-state index in [1.807, 2.05) is 36.4 Å². The number of carbonyl (C=O) groups excluding carboxylic acids is 1. The van der Waals surface area contributed by atoms with Crippen molar-refractivity contribution in [2.45, 2.75) is 6.61 Å². The first-order valence-electron chi connectivity index (χ1n) is 7.19. The predicted octanol–water partition coefficient (Wildman–Crippen LogP) is 4.15. The summed E-state index contributed by atoms with van der Waals surface area (Å²) in [4.78, 5) is 15.9. The molecule has 0 spiro atoms. The Kier molecular flexibility index (Phi) is 5.03. The van der Waals surface area contributed by atoms with E-state index in [-0.39, 0.29) is 12.5 Å². The standard InChI is InChI=1S/C18H13ClN2O3/c19-15-8-4-5-13(11-15)9-10-17(22)23-12-16-20-18(21-24-16)14-6-2-1-3-7-14/h1-11H,12H2/b10-9+. The molecule has 0 fully saturated rings. The fraction of sp³-hybridized carbons (Fsp3) is 0.0556. The Balaban J connectivity index is 1.56. The van der Waals surface area contributed by atoms with Gasteiger partial charge in [0.1, 0.15) is 0 Å². The fourth-order valence-electron chi connectivity index (χ4n) is 1.97. The Morgan fingerprint density at radius 2 is 2.00 bits per heavy atom.